The molecule has 0 aliphatic carbocycles. The Bertz CT molecular complexity index is 1110. The highest BCUT2D eigenvalue weighted by atomic mass is 35.5. The minimum atomic E-state index is -0.531. The zero-order chi connectivity index (χ0) is 22.2. The third-order valence-corrected chi connectivity index (χ3v) is 4.62. The molecule has 1 heterocycles. The number of hydrogen-bond acceptors (Lipinski definition) is 7. The van der Waals surface area contributed by atoms with E-state index in [0.717, 1.165) is 5.56 Å². The maximum absolute atomic E-state index is 11.0. The Morgan fingerprint density at radius 3 is 2.74 bits per heavy atom. The summed E-state index contributed by atoms with van der Waals surface area (Å²) in [6.07, 6.45) is 2.94. The summed E-state index contributed by atoms with van der Waals surface area (Å²) in [6, 6.07) is 13.3. The lowest BCUT2D eigenvalue weighted by atomic mass is 10.2. The van der Waals surface area contributed by atoms with Crippen molar-refractivity contribution in [1.29, 1.82) is 0 Å². The molecule has 0 spiro atoms. The zero-order valence-corrected chi connectivity index (χ0v) is 17.9. The summed E-state index contributed by atoms with van der Waals surface area (Å²) in [6.45, 7) is 2.55. The number of nitrogens with one attached hydrogen (secondary N) is 1. The molecule has 10 heteroatoms. The van der Waals surface area contributed by atoms with Crippen molar-refractivity contribution in [3.63, 3.8) is 0 Å². The predicted molar refractivity (Wildman–Crippen MR) is 121 cm³/mol. The van der Waals surface area contributed by atoms with E-state index in [1.807, 2.05) is 6.92 Å². The summed E-state index contributed by atoms with van der Waals surface area (Å²) in [5.74, 6) is 1.12. The lowest BCUT2D eigenvalue weighted by Crippen LogP contribution is -2.01. The van der Waals surface area contributed by atoms with Crippen LogP contribution >= 0.6 is 23.2 Å². The molecule has 160 valence electrons. The fourth-order valence-electron chi connectivity index (χ4n) is 2.58. The standard InChI is InChI=1S/C21H18Cl2N4O4/c1-2-30-20-10-14(12-25-26-21-18(27(28)29)4-3-9-24-21)5-8-19(20)31-13-15-6-7-16(22)11-17(15)23/h3-12H,2,13H2,1H3,(H,24,26)/b25-12-. The van der Waals surface area contributed by atoms with E-state index in [4.69, 9.17) is 32.7 Å². The van der Waals surface area contributed by atoms with Crippen molar-refractivity contribution in [3.8, 4) is 11.5 Å². The quantitative estimate of drug-likeness (QED) is 0.249. The molecule has 0 aliphatic heterocycles. The molecule has 0 aliphatic rings. The monoisotopic (exact) mass is 460 g/mol. The van der Waals surface area contributed by atoms with Gasteiger partial charge in [0.2, 0.25) is 5.82 Å². The van der Waals surface area contributed by atoms with Crippen LogP contribution in [0.15, 0.2) is 59.8 Å². The molecular weight excluding hydrogens is 443 g/mol. The number of hydrogen-bond donors (Lipinski definition) is 1. The molecule has 0 radical (unpaired) electrons. The Morgan fingerprint density at radius 1 is 1.16 bits per heavy atom. The first kappa shape index (κ1) is 22.3. The summed E-state index contributed by atoms with van der Waals surface area (Å²) in [7, 11) is 0. The second-order valence-corrected chi connectivity index (χ2v) is 7.01. The average molecular weight is 461 g/mol. The van der Waals surface area contributed by atoms with Gasteiger partial charge in [-0.2, -0.15) is 5.10 Å². The van der Waals surface area contributed by atoms with Gasteiger partial charge in [0.1, 0.15) is 6.61 Å². The van der Waals surface area contributed by atoms with Crippen LogP contribution in [0, 0.1) is 10.1 Å². The summed E-state index contributed by atoms with van der Waals surface area (Å²) in [5, 5.41) is 16.1. The third kappa shape index (κ3) is 6.07. The van der Waals surface area contributed by atoms with Crippen molar-refractivity contribution >= 4 is 40.9 Å². The Hall–Kier alpha value is -3.36. The normalized spacial score (nSPS) is 10.8. The van der Waals surface area contributed by atoms with Crippen molar-refractivity contribution in [2.45, 2.75) is 13.5 Å². The van der Waals surface area contributed by atoms with Crippen LogP contribution in [0.1, 0.15) is 18.1 Å². The van der Waals surface area contributed by atoms with E-state index in [0.29, 0.717) is 33.7 Å². The SMILES string of the molecule is CCOc1cc(/C=N\Nc2ncccc2[N+](=O)[O-])ccc1OCc1ccc(Cl)cc1Cl. The van der Waals surface area contributed by atoms with Crippen LogP contribution in [0.2, 0.25) is 10.0 Å². The van der Waals surface area contributed by atoms with Crippen LogP contribution in [0.5, 0.6) is 11.5 Å². The van der Waals surface area contributed by atoms with Gasteiger partial charge in [-0.3, -0.25) is 15.5 Å². The maximum Gasteiger partial charge on any atom is 0.313 e. The molecule has 8 nitrogen and oxygen atoms in total. The summed E-state index contributed by atoms with van der Waals surface area (Å²) in [5.41, 5.74) is 3.91. The molecule has 0 fully saturated rings. The average Bonchev–Trinajstić information content (AvgIpc) is 2.74. The molecule has 0 atom stereocenters. The number of benzene rings is 2. The van der Waals surface area contributed by atoms with Crippen LogP contribution < -0.4 is 14.9 Å². The molecule has 0 bridgehead atoms. The molecule has 0 saturated heterocycles. The van der Waals surface area contributed by atoms with E-state index in [9.17, 15) is 10.1 Å². The van der Waals surface area contributed by atoms with Crippen LogP contribution in [0.3, 0.4) is 0 Å². The van der Waals surface area contributed by atoms with Crippen molar-refractivity contribution in [2.75, 3.05) is 12.0 Å². The summed E-state index contributed by atoms with van der Waals surface area (Å²) in [4.78, 5) is 14.4. The van der Waals surface area contributed by atoms with Crippen molar-refractivity contribution in [1.82, 2.24) is 4.98 Å². The fourth-order valence-corrected chi connectivity index (χ4v) is 3.05. The van der Waals surface area contributed by atoms with Crippen molar-refractivity contribution in [2.24, 2.45) is 5.10 Å². The number of ether oxygens (including phenoxy) is 2. The minimum absolute atomic E-state index is 0.0496. The highest BCUT2D eigenvalue weighted by molar-refractivity contribution is 6.35. The van der Waals surface area contributed by atoms with Crippen LogP contribution in [0.25, 0.3) is 0 Å². The van der Waals surface area contributed by atoms with Gasteiger partial charge in [0.15, 0.2) is 11.5 Å². The number of anilines is 1. The van der Waals surface area contributed by atoms with Crippen LogP contribution in [-0.4, -0.2) is 22.7 Å². The van der Waals surface area contributed by atoms with Gasteiger partial charge in [-0.25, -0.2) is 4.98 Å². The molecule has 0 amide bonds. The second kappa shape index (κ2) is 10.6. The molecule has 2 aromatic carbocycles. The number of nitro groups is 1. The molecule has 0 saturated carbocycles. The second-order valence-electron chi connectivity index (χ2n) is 6.16. The minimum Gasteiger partial charge on any atom is -0.490 e. The number of pyridine rings is 1. The molecule has 0 unspecified atom stereocenters. The van der Waals surface area contributed by atoms with E-state index in [-0.39, 0.29) is 18.1 Å². The van der Waals surface area contributed by atoms with Gasteiger partial charge in [-0.15, -0.1) is 0 Å². The predicted octanol–water partition coefficient (Wildman–Crippen LogP) is 5.72. The number of rotatable bonds is 9. The van der Waals surface area contributed by atoms with Gasteiger partial charge in [-0.05, 0) is 48.9 Å². The fraction of sp³-hybridized carbons (Fsp3) is 0.143. The van der Waals surface area contributed by atoms with Gasteiger partial charge < -0.3 is 9.47 Å². The Morgan fingerprint density at radius 2 is 2.00 bits per heavy atom. The van der Waals surface area contributed by atoms with Gasteiger partial charge >= 0.3 is 5.69 Å². The number of hydrazone groups is 1. The first-order chi connectivity index (χ1) is 15.0. The highest BCUT2D eigenvalue weighted by Gasteiger charge is 2.13. The third-order valence-electron chi connectivity index (χ3n) is 4.03. The van der Waals surface area contributed by atoms with Gasteiger partial charge in [0.25, 0.3) is 0 Å². The van der Waals surface area contributed by atoms with E-state index in [1.165, 1.54) is 24.5 Å². The van der Waals surface area contributed by atoms with E-state index in [2.05, 4.69) is 15.5 Å². The maximum atomic E-state index is 11.0. The molecule has 1 aromatic heterocycles. The van der Waals surface area contributed by atoms with Crippen LogP contribution in [0.4, 0.5) is 11.5 Å². The zero-order valence-electron chi connectivity index (χ0n) is 16.4. The number of halogens is 2. The smallest absolute Gasteiger partial charge is 0.313 e. The Balaban J connectivity index is 1.72. The van der Waals surface area contributed by atoms with Gasteiger partial charge in [0.05, 0.1) is 17.7 Å². The summed E-state index contributed by atoms with van der Waals surface area (Å²) < 4.78 is 11.5. The van der Waals surface area contributed by atoms with Gasteiger partial charge in [0, 0.05) is 27.9 Å². The lowest BCUT2D eigenvalue weighted by Gasteiger charge is -2.13. The molecular formula is C21H18Cl2N4O4. The summed E-state index contributed by atoms with van der Waals surface area (Å²) >= 11 is 12.1. The van der Waals surface area contributed by atoms with Gasteiger partial charge in [-0.1, -0.05) is 29.3 Å². The van der Waals surface area contributed by atoms with Crippen LogP contribution in [-0.2, 0) is 6.61 Å². The Labute approximate surface area is 188 Å². The molecule has 3 rings (SSSR count). The first-order valence-electron chi connectivity index (χ1n) is 9.20. The number of nitrogens with zero attached hydrogens (tertiary/aromatic N) is 3. The largest absolute Gasteiger partial charge is 0.490 e. The highest BCUT2D eigenvalue weighted by Crippen LogP contribution is 2.30. The Kier molecular flexibility index (Phi) is 7.64. The van der Waals surface area contributed by atoms with Crippen molar-refractivity contribution < 1.29 is 14.4 Å². The number of aromatic nitrogens is 1. The van der Waals surface area contributed by atoms with E-state index >= 15 is 0 Å². The molecule has 1 N–H and O–H groups in total. The molecule has 3 aromatic rings. The van der Waals surface area contributed by atoms with Crippen molar-refractivity contribution in [3.05, 3.63) is 86.0 Å². The first-order valence-corrected chi connectivity index (χ1v) is 9.95. The van der Waals surface area contributed by atoms with E-state index < -0.39 is 4.92 Å². The van der Waals surface area contributed by atoms with E-state index in [1.54, 1.807) is 36.4 Å². The molecule has 31 heavy (non-hydrogen) atoms. The topological polar surface area (TPSA) is 98.9 Å². The lowest BCUT2D eigenvalue weighted by molar-refractivity contribution is -0.384.